The van der Waals surface area contributed by atoms with Crippen molar-refractivity contribution in [1.82, 2.24) is 5.32 Å². The van der Waals surface area contributed by atoms with Crippen LogP contribution in [0.2, 0.25) is 0 Å². The van der Waals surface area contributed by atoms with Gasteiger partial charge in [-0.15, -0.1) is 11.3 Å². The van der Waals surface area contributed by atoms with E-state index in [-0.39, 0.29) is 12.6 Å². The van der Waals surface area contributed by atoms with E-state index in [0.717, 1.165) is 6.42 Å². The van der Waals surface area contributed by atoms with Crippen molar-refractivity contribution < 1.29 is 14.6 Å². The van der Waals surface area contributed by atoms with Gasteiger partial charge < -0.3 is 20.5 Å². The lowest BCUT2D eigenvalue weighted by Crippen LogP contribution is -2.39. The Morgan fingerprint density at radius 2 is 2.39 bits per heavy atom. The lowest BCUT2D eigenvalue weighted by molar-refractivity contribution is 0.0607. The first-order valence-corrected chi connectivity index (χ1v) is 6.75. The highest BCUT2D eigenvalue weighted by molar-refractivity contribution is 7.80. The number of methoxy groups -OCH3 is 1. The summed E-state index contributed by atoms with van der Waals surface area (Å²) in [4.78, 5) is 11.9. The number of hydrogen-bond donors (Lipinski definition) is 3. The zero-order valence-electron chi connectivity index (χ0n) is 10.2. The predicted octanol–water partition coefficient (Wildman–Crippen LogP) is 1.59. The molecular formula is C11H16N2O3S2. The zero-order valence-corrected chi connectivity index (χ0v) is 11.9. The highest BCUT2D eigenvalue weighted by Gasteiger charge is 2.15. The Morgan fingerprint density at radius 1 is 1.67 bits per heavy atom. The van der Waals surface area contributed by atoms with E-state index in [1.807, 2.05) is 6.92 Å². The van der Waals surface area contributed by atoms with Gasteiger partial charge in [0.1, 0.15) is 4.88 Å². The fraction of sp³-hybridized carbons (Fsp3) is 0.455. The molecule has 0 amide bonds. The molecule has 1 rings (SSSR count). The Hall–Kier alpha value is -1.18. The van der Waals surface area contributed by atoms with Gasteiger partial charge in [-0.25, -0.2) is 4.79 Å². The number of carbonyl (C=O) groups excluding carboxylic acids is 1. The maximum absolute atomic E-state index is 11.5. The van der Waals surface area contributed by atoms with E-state index in [4.69, 9.17) is 17.3 Å². The number of anilines is 1. The average Bonchev–Trinajstić information content (AvgIpc) is 2.82. The average molecular weight is 288 g/mol. The van der Waals surface area contributed by atoms with Gasteiger partial charge in [0.25, 0.3) is 0 Å². The maximum atomic E-state index is 11.5. The first-order chi connectivity index (χ1) is 8.62. The van der Waals surface area contributed by atoms with E-state index in [9.17, 15) is 4.79 Å². The molecule has 1 aromatic rings. The van der Waals surface area contributed by atoms with Crippen LogP contribution in [-0.4, -0.2) is 35.9 Å². The van der Waals surface area contributed by atoms with E-state index in [2.05, 4.69) is 15.4 Å². The first kappa shape index (κ1) is 14.9. The van der Waals surface area contributed by atoms with E-state index in [1.165, 1.54) is 18.4 Å². The summed E-state index contributed by atoms with van der Waals surface area (Å²) in [6, 6.07) is 1.66. The molecule has 1 atom stereocenters. The maximum Gasteiger partial charge on any atom is 0.350 e. The Bertz CT molecular complexity index is 416. The van der Waals surface area contributed by atoms with Crippen molar-refractivity contribution in [1.29, 1.82) is 0 Å². The van der Waals surface area contributed by atoms with Gasteiger partial charge in [-0.2, -0.15) is 0 Å². The predicted molar refractivity (Wildman–Crippen MR) is 76.2 cm³/mol. The van der Waals surface area contributed by atoms with Crippen LogP contribution in [0.1, 0.15) is 23.0 Å². The van der Waals surface area contributed by atoms with E-state index >= 15 is 0 Å². The molecule has 0 aliphatic rings. The molecule has 1 aromatic heterocycles. The normalized spacial score (nSPS) is 11.7. The van der Waals surface area contributed by atoms with Crippen LogP contribution < -0.4 is 10.6 Å². The summed E-state index contributed by atoms with van der Waals surface area (Å²) in [5.41, 5.74) is 0.608. The summed E-state index contributed by atoms with van der Waals surface area (Å²) < 4.78 is 4.67. The third kappa shape index (κ3) is 3.94. The molecule has 7 heteroatoms. The fourth-order valence-electron chi connectivity index (χ4n) is 1.28. The van der Waals surface area contributed by atoms with Crippen LogP contribution in [0.3, 0.4) is 0 Å². The molecule has 0 bridgehead atoms. The monoisotopic (exact) mass is 288 g/mol. The van der Waals surface area contributed by atoms with Gasteiger partial charge in [0.15, 0.2) is 5.11 Å². The summed E-state index contributed by atoms with van der Waals surface area (Å²) in [6.07, 6.45) is 0.756. The number of hydrogen-bond acceptors (Lipinski definition) is 5. The first-order valence-electron chi connectivity index (χ1n) is 5.46. The molecule has 3 N–H and O–H groups in total. The molecule has 0 saturated carbocycles. The van der Waals surface area contributed by atoms with Gasteiger partial charge in [0, 0.05) is 0 Å². The largest absolute Gasteiger partial charge is 0.465 e. The Labute approximate surface area is 115 Å². The van der Waals surface area contributed by atoms with Gasteiger partial charge in [0.2, 0.25) is 0 Å². The number of esters is 1. The number of ether oxygens (including phenoxy) is 1. The summed E-state index contributed by atoms with van der Waals surface area (Å²) in [6.45, 7) is 1.95. The molecule has 0 saturated heterocycles. The van der Waals surface area contributed by atoms with Crippen LogP contribution in [0.5, 0.6) is 0 Å². The number of thiocarbonyl (C=S) groups is 1. The minimum atomic E-state index is -0.399. The molecule has 0 fully saturated rings. The van der Waals surface area contributed by atoms with Crippen molar-refractivity contribution in [2.24, 2.45) is 0 Å². The van der Waals surface area contributed by atoms with Crippen molar-refractivity contribution in [3.8, 4) is 0 Å². The summed E-state index contributed by atoms with van der Waals surface area (Å²) in [5, 5.41) is 17.1. The molecule has 0 radical (unpaired) electrons. The molecular weight excluding hydrogens is 272 g/mol. The van der Waals surface area contributed by atoms with Crippen LogP contribution in [0.15, 0.2) is 11.4 Å². The van der Waals surface area contributed by atoms with Crippen molar-refractivity contribution in [3.63, 3.8) is 0 Å². The molecule has 0 aliphatic carbocycles. The second kappa shape index (κ2) is 7.30. The second-order valence-corrected chi connectivity index (χ2v) is 4.87. The molecule has 0 spiro atoms. The molecule has 100 valence electrons. The van der Waals surface area contributed by atoms with E-state index in [1.54, 1.807) is 11.4 Å². The summed E-state index contributed by atoms with van der Waals surface area (Å²) >= 11 is 6.39. The van der Waals surface area contributed by atoms with Gasteiger partial charge in [-0.3, -0.25) is 0 Å². The molecule has 18 heavy (non-hydrogen) atoms. The molecule has 5 nitrogen and oxygen atoms in total. The van der Waals surface area contributed by atoms with Gasteiger partial charge >= 0.3 is 5.97 Å². The van der Waals surface area contributed by atoms with Crippen molar-refractivity contribution in [3.05, 3.63) is 16.3 Å². The number of aliphatic hydroxyl groups is 1. The number of aliphatic hydroxyl groups excluding tert-OH is 1. The topological polar surface area (TPSA) is 70.6 Å². The number of nitrogens with one attached hydrogen (secondary N) is 2. The van der Waals surface area contributed by atoms with Crippen molar-refractivity contribution in [2.75, 3.05) is 19.0 Å². The zero-order chi connectivity index (χ0) is 13.5. The van der Waals surface area contributed by atoms with E-state index < -0.39 is 5.97 Å². The van der Waals surface area contributed by atoms with Gasteiger partial charge in [-0.05, 0) is 30.1 Å². The molecule has 0 aliphatic heterocycles. The minimum Gasteiger partial charge on any atom is -0.465 e. The number of rotatable bonds is 5. The quantitative estimate of drug-likeness (QED) is 0.564. The van der Waals surface area contributed by atoms with E-state index in [0.29, 0.717) is 15.7 Å². The highest BCUT2D eigenvalue weighted by atomic mass is 32.1. The molecule has 1 heterocycles. The number of thiophene rings is 1. The van der Waals surface area contributed by atoms with Gasteiger partial charge in [-0.1, -0.05) is 6.92 Å². The van der Waals surface area contributed by atoms with Crippen LogP contribution in [-0.2, 0) is 4.74 Å². The Balaban J connectivity index is 2.65. The Morgan fingerprint density at radius 3 is 2.94 bits per heavy atom. The fourth-order valence-corrected chi connectivity index (χ4v) is 2.32. The second-order valence-electron chi connectivity index (χ2n) is 3.54. The van der Waals surface area contributed by atoms with Crippen molar-refractivity contribution >= 4 is 40.3 Å². The lowest BCUT2D eigenvalue weighted by atomic mass is 10.2. The third-order valence-corrected chi connectivity index (χ3v) is 3.45. The minimum absolute atomic E-state index is 0.00577. The number of carbonyl (C=O) groups is 1. The van der Waals surface area contributed by atoms with Crippen LogP contribution >= 0.6 is 23.6 Å². The lowest BCUT2D eigenvalue weighted by Gasteiger charge is -2.17. The van der Waals surface area contributed by atoms with Crippen LogP contribution in [0.4, 0.5) is 5.69 Å². The Kier molecular flexibility index (Phi) is 6.03. The highest BCUT2D eigenvalue weighted by Crippen LogP contribution is 2.22. The smallest absolute Gasteiger partial charge is 0.350 e. The molecule has 1 unspecified atom stereocenters. The summed E-state index contributed by atoms with van der Waals surface area (Å²) in [7, 11) is 1.33. The van der Waals surface area contributed by atoms with Crippen molar-refractivity contribution in [2.45, 2.75) is 19.4 Å². The molecule has 0 aromatic carbocycles. The van der Waals surface area contributed by atoms with Crippen LogP contribution in [0.25, 0.3) is 0 Å². The standard InChI is InChI=1S/C11H16N2O3S2/c1-3-7(6-14)12-11(17)13-8-4-5-18-9(8)10(15)16-2/h4-5,7,14H,3,6H2,1-2H3,(H2,12,13,17). The third-order valence-electron chi connectivity index (χ3n) is 2.33. The summed E-state index contributed by atoms with van der Waals surface area (Å²) in [5.74, 6) is -0.399. The van der Waals surface area contributed by atoms with Crippen LogP contribution in [0, 0.1) is 0 Å². The van der Waals surface area contributed by atoms with Gasteiger partial charge in [0.05, 0.1) is 25.4 Å². The SMILES string of the molecule is CCC(CO)NC(=S)Nc1ccsc1C(=O)OC.